The number of amides is 1. The van der Waals surface area contributed by atoms with Gasteiger partial charge < -0.3 is 10.1 Å². The van der Waals surface area contributed by atoms with Crippen LogP contribution in [0.1, 0.15) is 38.7 Å². The molecule has 1 atom stereocenters. The molecule has 1 aliphatic rings. The van der Waals surface area contributed by atoms with Crippen LogP contribution in [-0.4, -0.2) is 34.4 Å². The molecular formula is C21H26FN3O2. The minimum Gasteiger partial charge on any atom is -0.439 e. The number of carbonyl (C=O) groups is 1. The second kappa shape index (κ2) is 8.95. The van der Waals surface area contributed by atoms with Gasteiger partial charge in [0.05, 0.1) is 6.04 Å². The summed E-state index contributed by atoms with van der Waals surface area (Å²) in [6.45, 7) is 5.66. The lowest BCUT2D eigenvalue weighted by molar-refractivity contribution is -0.128. The molecule has 1 aromatic heterocycles. The maximum Gasteiger partial charge on any atom is 0.237 e. The zero-order valence-electron chi connectivity index (χ0n) is 15.8. The Morgan fingerprint density at radius 1 is 1.30 bits per heavy atom. The number of aromatic nitrogens is 1. The molecule has 1 aliphatic heterocycles. The lowest BCUT2D eigenvalue weighted by Gasteiger charge is -2.37. The number of nitrogens with zero attached hydrogens (tertiary/aromatic N) is 2. The molecule has 27 heavy (non-hydrogen) atoms. The van der Waals surface area contributed by atoms with Crippen LogP contribution in [0, 0.1) is 5.82 Å². The molecule has 1 saturated heterocycles. The Hall–Kier alpha value is -2.47. The van der Waals surface area contributed by atoms with Gasteiger partial charge in [-0.2, -0.15) is 0 Å². The highest BCUT2D eigenvalue weighted by Gasteiger charge is 2.29. The first-order valence-corrected chi connectivity index (χ1v) is 9.45. The molecule has 1 fully saturated rings. The lowest BCUT2D eigenvalue weighted by atomic mass is 9.99. The van der Waals surface area contributed by atoms with Gasteiger partial charge in [0.15, 0.2) is 0 Å². The number of hydrogen-bond acceptors (Lipinski definition) is 4. The second-order valence-corrected chi connectivity index (χ2v) is 7.12. The number of pyridine rings is 1. The van der Waals surface area contributed by atoms with Gasteiger partial charge in [-0.05, 0) is 69.1 Å². The lowest BCUT2D eigenvalue weighted by Crippen LogP contribution is -2.51. The van der Waals surface area contributed by atoms with E-state index in [2.05, 4.69) is 29.0 Å². The molecule has 1 unspecified atom stereocenters. The van der Waals surface area contributed by atoms with E-state index in [0.717, 1.165) is 31.4 Å². The van der Waals surface area contributed by atoms with Crippen molar-refractivity contribution in [3.05, 3.63) is 54.0 Å². The molecule has 0 radical (unpaired) electrons. The first-order chi connectivity index (χ1) is 13.0. The maximum absolute atomic E-state index is 13.0. The van der Waals surface area contributed by atoms with Crippen molar-refractivity contribution in [1.29, 1.82) is 0 Å². The summed E-state index contributed by atoms with van der Waals surface area (Å²) in [5.41, 5.74) is 0.905. The molecule has 2 aromatic rings. The van der Waals surface area contributed by atoms with Gasteiger partial charge in [0.25, 0.3) is 0 Å². The highest BCUT2D eigenvalue weighted by molar-refractivity contribution is 5.81. The number of halogens is 1. The minimum absolute atomic E-state index is 0.0597. The monoisotopic (exact) mass is 371 g/mol. The van der Waals surface area contributed by atoms with Gasteiger partial charge in [0.2, 0.25) is 11.8 Å². The fraction of sp³-hybridized carbons (Fsp3) is 0.429. The zero-order valence-corrected chi connectivity index (χ0v) is 15.8. The summed E-state index contributed by atoms with van der Waals surface area (Å²) in [6, 6.07) is 9.70. The molecule has 0 spiro atoms. The van der Waals surface area contributed by atoms with Crippen LogP contribution in [0.25, 0.3) is 0 Å². The van der Waals surface area contributed by atoms with Crippen LogP contribution in [0.5, 0.6) is 11.6 Å². The number of carbonyl (C=O) groups excluding carboxylic acids is 1. The number of hydrogen-bond donors (Lipinski definition) is 1. The number of rotatable bonds is 6. The fourth-order valence-electron chi connectivity index (χ4n) is 3.40. The van der Waals surface area contributed by atoms with Crippen molar-refractivity contribution >= 4 is 5.91 Å². The number of ether oxygens (including phenoxy) is 1. The summed E-state index contributed by atoms with van der Waals surface area (Å²) < 4.78 is 18.6. The van der Waals surface area contributed by atoms with Gasteiger partial charge in [-0.25, -0.2) is 9.37 Å². The molecular weight excluding hydrogens is 345 g/mol. The molecule has 2 heterocycles. The van der Waals surface area contributed by atoms with Crippen molar-refractivity contribution in [3.63, 3.8) is 0 Å². The third-order valence-corrected chi connectivity index (χ3v) is 4.81. The van der Waals surface area contributed by atoms with E-state index in [-0.39, 0.29) is 17.8 Å². The predicted molar refractivity (Wildman–Crippen MR) is 102 cm³/mol. The van der Waals surface area contributed by atoms with Crippen molar-refractivity contribution in [2.24, 2.45) is 0 Å². The summed E-state index contributed by atoms with van der Waals surface area (Å²) >= 11 is 0. The van der Waals surface area contributed by atoms with Crippen molar-refractivity contribution < 1.29 is 13.9 Å². The summed E-state index contributed by atoms with van der Waals surface area (Å²) in [7, 11) is 0. The van der Waals surface area contributed by atoms with Crippen LogP contribution in [0.2, 0.25) is 0 Å². The van der Waals surface area contributed by atoms with Gasteiger partial charge in [-0.15, -0.1) is 0 Å². The van der Waals surface area contributed by atoms with Gasteiger partial charge in [0.1, 0.15) is 11.6 Å². The normalized spacial score (nSPS) is 17.7. The highest BCUT2D eigenvalue weighted by Crippen LogP contribution is 2.21. The fourth-order valence-corrected chi connectivity index (χ4v) is 3.40. The molecule has 0 saturated carbocycles. The Bertz CT molecular complexity index is 764. The molecule has 1 N–H and O–H groups in total. The standard InChI is InChI=1S/C21H26FN3O2/c1-15(2)25-12-4-3-5-19(25)21(26)24-14-16-10-11-23-20(13-16)27-18-8-6-17(22)7-9-18/h6-11,13,15,19H,3-5,12,14H2,1-2H3,(H,24,26). The van der Waals surface area contributed by atoms with Crippen LogP contribution in [0.3, 0.4) is 0 Å². The predicted octanol–water partition coefficient (Wildman–Crippen LogP) is 3.89. The number of benzene rings is 1. The van der Waals surface area contributed by atoms with E-state index in [1.165, 1.54) is 12.1 Å². The van der Waals surface area contributed by atoms with Gasteiger partial charge in [-0.1, -0.05) is 6.42 Å². The smallest absolute Gasteiger partial charge is 0.237 e. The number of nitrogens with one attached hydrogen (secondary N) is 1. The second-order valence-electron chi connectivity index (χ2n) is 7.12. The van der Waals surface area contributed by atoms with Crippen LogP contribution in [-0.2, 0) is 11.3 Å². The highest BCUT2D eigenvalue weighted by atomic mass is 19.1. The van der Waals surface area contributed by atoms with Gasteiger partial charge in [0, 0.05) is 24.8 Å². The molecule has 0 bridgehead atoms. The zero-order chi connectivity index (χ0) is 19.2. The van der Waals surface area contributed by atoms with E-state index < -0.39 is 0 Å². The summed E-state index contributed by atoms with van der Waals surface area (Å²) in [5, 5.41) is 3.04. The van der Waals surface area contributed by atoms with E-state index in [9.17, 15) is 9.18 Å². The van der Waals surface area contributed by atoms with Gasteiger partial charge >= 0.3 is 0 Å². The largest absolute Gasteiger partial charge is 0.439 e. The summed E-state index contributed by atoms with van der Waals surface area (Å²) in [5.74, 6) is 0.681. The Kier molecular flexibility index (Phi) is 6.40. The maximum atomic E-state index is 13.0. The molecule has 1 aromatic carbocycles. The SMILES string of the molecule is CC(C)N1CCCCC1C(=O)NCc1ccnc(Oc2ccc(F)cc2)c1. The quantitative estimate of drug-likeness (QED) is 0.837. The molecule has 1 amide bonds. The molecule has 6 heteroatoms. The van der Waals surface area contributed by atoms with Crippen molar-refractivity contribution in [3.8, 4) is 11.6 Å². The third kappa shape index (κ3) is 5.26. The molecule has 0 aliphatic carbocycles. The molecule has 3 rings (SSSR count). The van der Waals surface area contributed by atoms with Crippen LogP contribution in [0.4, 0.5) is 4.39 Å². The summed E-state index contributed by atoms with van der Waals surface area (Å²) in [4.78, 5) is 19.1. The number of piperidine rings is 1. The van der Waals surface area contributed by atoms with E-state index in [1.54, 1.807) is 24.4 Å². The minimum atomic E-state index is -0.315. The van der Waals surface area contributed by atoms with E-state index >= 15 is 0 Å². The van der Waals surface area contributed by atoms with Crippen molar-refractivity contribution in [2.45, 2.75) is 51.7 Å². The first-order valence-electron chi connectivity index (χ1n) is 9.45. The Morgan fingerprint density at radius 3 is 2.81 bits per heavy atom. The van der Waals surface area contributed by atoms with Crippen LogP contribution < -0.4 is 10.1 Å². The Morgan fingerprint density at radius 2 is 2.07 bits per heavy atom. The molecule has 144 valence electrons. The van der Waals surface area contributed by atoms with Gasteiger partial charge in [-0.3, -0.25) is 9.69 Å². The number of likely N-dealkylation sites (tertiary alicyclic amines) is 1. The van der Waals surface area contributed by atoms with E-state index in [0.29, 0.717) is 24.2 Å². The van der Waals surface area contributed by atoms with Crippen LogP contribution in [0.15, 0.2) is 42.6 Å². The topological polar surface area (TPSA) is 54.5 Å². The van der Waals surface area contributed by atoms with Crippen molar-refractivity contribution in [2.75, 3.05) is 6.54 Å². The van der Waals surface area contributed by atoms with Crippen LogP contribution >= 0.6 is 0 Å². The summed E-state index contributed by atoms with van der Waals surface area (Å²) in [6.07, 6.45) is 4.78. The average molecular weight is 371 g/mol. The average Bonchev–Trinajstić information content (AvgIpc) is 2.68. The van der Waals surface area contributed by atoms with E-state index in [1.807, 2.05) is 6.07 Å². The van der Waals surface area contributed by atoms with E-state index in [4.69, 9.17) is 4.74 Å². The first kappa shape index (κ1) is 19.3. The Balaban J connectivity index is 1.59. The van der Waals surface area contributed by atoms with Crippen molar-refractivity contribution in [1.82, 2.24) is 15.2 Å². The third-order valence-electron chi connectivity index (χ3n) is 4.81. The Labute approximate surface area is 159 Å². The molecule has 5 nitrogen and oxygen atoms in total.